The van der Waals surface area contributed by atoms with Crippen molar-refractivity contribution in [3.63, 3.8) is 0 Å². The van der Waals surface area contributed by atoms with E-state index in [-0.39, 0.29) is 0 Å². The molecule has 0 amide bonds. The molecular formula is C16H23N. The van der Waals surface area contributed by atoms with Crippen LogP contribution in [0.3, 0.4) is 0 Å². The van der Waals surface area contributed by atoms with Crippen LogP contribution in [0.25, 0.3) is 0 Å². The van der Waals surface area contributed by atoms with Crippen LogP contribution >= 0.6 is 0 Å². The maximum absolute atomic E-state index is 3.47. The van der Waals surface area contributed by atoms with Crippen LogP contribution in [-0.2, 0) is 13.0 Å². The molecule has 2 aliphatic rings. The molecule has 1 N–H and O–H groups in total. The van der Waals surface area contributed by atoms with E-state index in [1.807, 2.05) is 0 Å². The van der Waals surface area contributed by atoms with E-state index >= 15 is 0 Å². The van der Waals surface area contributed by atoms with Crippen LogP contribution in [0.5, 0.6) is 0 Å². The molecule has 3 rings (SSSR count). The monoisotopic (exact) mass is 229 g/mol. The SMILES string of the molecule is CCNCc1cccc2c1CCC1CCCC21. The van der Waals surface area contributed by atoms with Crippen LogP contribution in [0.15, 0.2) is 18.2 Å². The molecule has 1 nitrogen and oxygen atoms in total. The summed E-state index contributed by atoms with van der Waals surface area (Å²) < 4.78 is 0. The Bertz CT molecular complexity index is 397. The maximum atomic E-state index is 3.47. The molecular weight excluding hydrogens is 206 g/mol. The molecule has 92 valence electrons. The first kappa shape index (κ1) is 11.3. The van der Waals surface area contributed by atoms with Gasteiger partial charge in [-0.25, -0.2) is 0 Å². The molecule has 1 aromatic rings. The lowest BCUT2D eigenvalue weighted by molar-refractivity contribution is 0.421. The summed E-state index contributed by atoms with van der Waals surface area (Å²) in [6.07, 6.45) is 7.11. The molecule has 0 saturated heterocycles. The van der Waals surface area contributed by atoms with Gasteiger partial charge < -0.3 is 5.32 Å². The second-order valence-electron chi connectivity index (χ2n) is 5.60. The molecule has 0 aromatic heterocycles. The lowest BCUT2D eigenvalue weighted by Crippen LogP contribution is -2.20. The molecule has 1 saturated carbocycles. The molecule has 17 heavy (non-hydrogen) atoms. The van der Waals surface area contributed by atoms with Crippen molar-refractivity contribution in [1.29, 1.82) is 0 Å². The first-order chi connectivity index (χ1) is 8.40. The number of rotatable bonds is 3. The summed E-state index contributed by atoms with van der Waals surface area (Å²) in [5, 5.41) is 3.47. The third kappa shape index (κ3) is 2.01. The van der Waals surface area contributed by atoms with E-state index in [0.717, 1.165) is 24.9 Å². The van der Waals surface area contributed by atoms with Gasteiger partial charge in [0.1, 0.15) is 0 Å². The van der Waals surface area contributed by atoms with E-state index in [1.165, 1.54) is 32.1 Å². The Morgan fingerprint density at radius 3 is 3.06 bits per heavy atom. The fraction of sp³-hybridized carbons (Fsp3) is 0.625. The molecule has 2 unspecified atom stereocenters. The normalized spacial score (nSPS) is 26.6. The predicted octanol–water partition coefficient (Wildman–Crippen LogP) is 3.63. The van der Waals surface area contributed by atoms with Gasteiger partial charge in [-0.1, -0.05) is 31.5 Å². The first-order valence-corrected chi connectivity index (χ1v) is 7.21. The second-order valence-corrected chi connectivity index (χ2v) is 5.60. The number of fused-ring (bicyclic) bond motifs is 3. The van der Waals surface area contributed by atoms with Crippen LogP contribution in [0, 0.1) is 5.92 Å². The van der Waals surface area contributed by atoms with Crippen LogP contribution in [0.4, 0.5) is 0 Å². The molecule has 2 aliphatic carbocycles. The Balaban J connectivity index is 1.92. The van der Waals surface area contributed by atoms with E-state index < -0.39 is 0 Å². The zero-order valence-corrected chi connectivity index (χ0v) is 10.8. The number of hydrogen-bond acceptors (Lipinski definition) is 1. The minimum absolute atomic E-state index is 0.889. The van der Waals surface area contributed by atoms with Gasteiger partial charge in [-0.3, -0.25) is 0 Å². The van der Waals surface area contributed by atoms with Gasteiger partial charge in [0.15, 0.2) is 0 Å². The molecule has 0 radical (unpaired) electrons. The topological polar surface area (TPSA) is 12.0 Å². The van der Waals surface area contributed by atoms with Crippen molar-refractivity contribution in [2.45, 2.75) is 51.5 Å². The Kier molecular flexibility index (Phi) is 3.19. The summed E-state index contributed by atoms with van der Waals surface area (Å²) in [6.45, 7) is 4.30. The van der Waals surface area contributed by atoms with Crippen molar-refractivity contribution in [1.82, 2.24) is 5.32 Å². The second kappa shape index (κ2) is 4.81. The van der Waals surface area contributed by atoms with Gasteiger partial charge in [0.25, 0.3) is 0 Å². The van der Waals surface area contributed by atoms with E-state index in [0.29, 0.717) is 0 Å². The van der Waals surface area contributed by atoms with Gasteiger partial charge in [-0.05, 0) is 60.8 Å². The zero-order chi connectivity index (χ0) is 11.7. The van der Waals surface area contributed by atoms with Crippen molar-refractivity contribution >= 4 is 0 Å². The van der Waals surface area contributed by atoms with Crippen molar-refractivity contribution in [2.75, 3.05) is 6.54 Å². The Hall–Kier alpha value is -0.820. The lowest BCUT2D eigenvalue weighted by atomic mass is 9.75. The van der Waals surface area contributed by atoms with Crippen molar-refractivity contribution in [3.05, 3.63) is 34.9 Å². The average molecular weight is 229 g/mol. The van der Waals surface area contributed by atoms with E-state index in [2.05, 4.69) is 30.4 Å². The van der Waals surface area contributed by atoms with Gasteiger partial charge in [-0.2, -0.15) is 0 Å². The average Bonchev–Trinajstić information content (AvgIpc) is 2.84. The number of benzene rings is 1. The third-order valence-electron chi connectivity index (χ3n) is 4.70. The maximum Gasteiger partial charge on any atom is 0.0208 e. The van der Waals surface area contributed by atoms with Crippen LogP contribution in [0.1, 0.15) is 55.2 Å². The van der Waals surface area contributed by atoms with Crippen molar-refractivity contribution in [2.24, 2.45) is 5.92 Å². The third-order valence-corrected chi connectivity index (χ3v) is 4.70. The van der Waals surface area contributed by atoms with E-state index in [4.69, 9.17) is 0 Å². The number of nitrogens with one attached hydrogen (secondary N) is 1. The Labute approximate surface area is 105 Å². The molecule has 1 fully saturated rings. The smallest absolute Gasteiger partial charge is 0.0208 e. The Morgan fingerprint density at radius 2 is 2.18 bits per heavy atom. The van der Waals surface area contributed by atoms with E-state index in [9.17, 15) is 0 Å². The molecule has 0 bridgehead atoms. The highest BCUT2D eigenvalue weighted by atomic mass is 14.8. The highest BCUT2D eigenvalue weighted by Gasteiger charge is 2.33. The standard InChI is InChI=1S/C16H23N/c1-2-17-11-13-6-4-8-16-14-7-3-5-12(14)9-10-15(13)16/h4,6,8,12,14,17H,2-3,5,7,9-11H2,1H3. The molecule has 1 heteroatoms. The van der Waals surface area contributed by atoms with Crippen molar-refractivity contribution < 1.29 is 0 Å². The number of hydrogen-bond donors (Lipinski definition) is 1. The van der Waals surface area contributed by atoms with E-state index in [1.54, 1.807) is 16.7 Å². The minimum Gasteiger partial charge on any atom is -0.313 e. The van der Waals surface area contributed by atoms with Gasteiger partial charge in [-0.15, -0.1) is 0 Å². The van der Waals surface area contributed by atoms with Crippen LogP contribution < -0.4 is 5.32 Å². The largest absolute Gasteiger partial charge is 0.313 e. The van der Waals surface area contributed by atoms with Gasteiger partial charge in [0, 0.05) is 6.54 Å². The van der Waals surface area contributed by atoms with Gasteiger partial charge in [0.2, 0.25) is 0 Å². The molecule has 1 aromatic carbocycles. The summed E-state index contributed by atoms with van der Waals surface area (Å²) in [7, 11) is 0. The lowest BCUT2D eigenvalue weighted by Gasteiger charge is -2.30. The summed E-state index contributed by atoms with van der Waals surface area (Å²) in [4.78, 5) is 0. The molecule has 0 spiro atoms. The van der Waals surface area contributed by atoms with Crippen LogP contribution in [-0.4, -0.2) is 6.54 Å². The highest BCUT2D eigenvalue weighted by Crippen LogP contribution is 2.47. The summed E-state index contributed by atoms with van der Waals surface area (Å²) >= 11 is 0. The van der Waals surface area contributed by atoms with Gasteiger partial charge >= 0.3 is 0 Å². The van der Waals surface area contributed by atoms with Crippen LogP contribution in [0.2, 0.25) is 0 Å². The van der Waals surface area contributed by atoms with Crippen molar-refractivity contribution in [3.8, 4) is 0 Å². The fourth-order valence-corrected chi connectivity index (χ4v) is 3.85. The summed E-state index contributed by atoms with van der Waals surface area (Å²) in [5.41, 5.74) is 4.92. The quantitative estimate of drug-likeness (QED) is 0.834. The zero-order valence-electron chi connectivity index (χ0n) is 10.8. The molecule has 0 aliphatic heterocycles. The Morgan fingerprint density at radius 1 is 1.24 bits per heavy atom. The summed E-state index contributed by atoms with van der Waals surface area (Å²) in [6, 6.07) is 6.98. The fourth-order valence-electron chi connectivity index (χ4n) is 3.85. The summed E-state index contributed by atoms with van der Waals surface area (Å²) in [5.74, 6) is 1.89. The minimum atomic E-state index is 0.889. The molecule has 2 atom stereocenters. The predicted molar refractivity (Wildman–Crippen MR) is 72.2 cm³/mol. The van der Waals surface area contributed by atoms with Gasteiger partial charge in [0.05, 0.1) is 0 Å². The molecule has 0 heterocycles. The highest BCUT2D eigenvalue weighted by molar-refractivity contribution is 5.40. The first-order valence-electron chi connectivity index (χ1n) is 7.21.